The third kappa shape index (κ3) is 2.90. The Morgan fingerprint density at radius 1 is 1.29 bits per heavy atom. The molecule has 1 saturated carbocycles. The predicted molar refractivity (Wildman–Crippen MR) is 86.6 cm³/mol. The SMILES string of the molecule is CC1(C)CCCN(c2snc(N)c2S(=O)(=O)C2CC2)CC1. The number of rotatable bonds is 3. The fourth-order valence-electron chi connectivity index (χ4n) is 2.92. The molecule has 2 N–H and O–H groups in total. The molecule has 0 atom stereocenters. The van der Waals surface area contributed by atoms with Gasteiger partial charge >= 0.3 is 0 Å². The van der Waals surface area contributed by atoms with Crippen molar-refractivity contribution in [2.45, 2.75) is 56.1 Å². The molecular weight excluding hydrogens is 306 g/mol. The summed E-state index contributed by atoms with van der Waals surface area (Å²) in [5.41, 5.74) is 6.21. The van der Waals surface area contributed by atoms with Gasteiger partial charge in [0, 0.05) is 13.1 Å². The minimum Gasteiger partial charge on any atom is -0.382 e. The number of hydrogen-bond donors (Lipinski definition) is 1. The largest absolute Gasteiger partial charge is 0.382 e. The molecule has 2 aliphatic rings. The molecule has 1 aliphatic heterocycles. The maximum atomic E-state index is 12.6. The molecular formula is C14H23N3O2S2. The molecule has 1 aliphatic carbocycles. The second-order valence-corrected chi connectivity index (χ2v) is 9.87. The molecule has 7 heteroatoms. The fourth-order valence-corrected chi connectivity index (χ4v) is 6.00. The molecule has 2 fully saturated rings. The minimum absolute atomic E-state index is 0.186. The topological polar surface area (TPSA) is 76.3 Å². The molecule has 21 heavy (non-hydrogen) atoms. The summed E-state index contributed by atoms with van der Waals surface area (Å²) in [5.74, 6) is 0.186. The molecule has 1 aromatic rings. The molecule has 1 saturated heterocycles. The van der Waals surface area contributed by atoms with Crippen LogP contribution in [0.5, 0.6) is 0 Å². The Bertz CT molecular complexity index is 633. The Hall–Kier alpha value is -0.820. The highest BCUT2D eigenvalue weighted by Crippen LogP contribution is 2.43. The van der Waals surface area contributed by atoms with Gasteiger partial charge in [-0.25, -0.2) is 8.42 Å². The van der Waals surface area contributed by atoms with Crippen LogP contribution >= 0.6 is 11.5 Å². The van der Waals surface area contributed by atoms with Crippen molar-refractivity contribution in [3.63, 3.8) is 0 Å². The van der Waals surface area contributed by atoms with Gasteiger partial charge < -0.3 is 10.6 Å². The summed E-state index contributed by atoms with van der Waals surface area (Å²) < 4.78 is 29.4. The van der Waals surface area contributed by atoms with Gasteiger partial charge in [0.1, 0.15) is 9.90 Å². The van der Waals surface area contributed by atoms with E-state index in [9.17, 15) is 8.42 Å². The predicted octanol–water partition coefficient (Wildman–Crippen LogP) is 2.68. The summed E-state index contributed by atoms with van der Waals surface area (Å²) in [6, 6.07) is 0. The summed E-state index contributed by atoms with van der Waals surface area (Å²) in [7, 11) is -3.29. The van der Waals surface area contributed by atoms with Crippen LogP contribution in [0.1, 0.15) is 46.0 Å². The lowest BCUT2D eigenvalue weighted by Gasteiger charge is -2.24. The van der Waals surface area contributed by atoms with Gasteiger partial charge in [-0.05, 0) is 49.1 Å². The van der Waals surface area contributed by atoms with Gasteiger partial charge in [-0.2, -0.15) is 4.37 Å². The average molecular weight is 329 g/mol. The Morgan fingerprint density at radius 2 is 2.00 bits per heavy atom. The van der Waals surface area contributed by atoms with Crippen LogP contribution in [0.25, 0.3) is 0 Å². The van der Waals surface area contributed by atoms with Crippen LogP contribution in [0.2, 0.25) is 0 Å². The average Bonchev–Trinajstić information content (AvgIpc) is 3.18. The molecule has 2 heterocycles. The van der Waals surface area contributed by atoms with E-state index < -0.39 is 9.84 Å². The van der Waals surface area contributed by atoms with Crippen molar-refractivity contribution in [2.75, 3.05) is 23.7 Å². The lowest BCUT2D eigenvalue weighted by Crippen LogP contribution is -2.26. The van der Waals surface area contributed by atoms with E-state index in [1.807, 2.05) is 0 Å². The monoisotopic (exact) mass is 329 g/mol. The Labute approximate surface area is 130 Å². The van der Waals surface area contributed by atoms with Gasteiger partial charge in [0.05, 0.1) is 5.25 Å². The number of nitrogens with two attached hydrogens (primary N) is 1. The van der Waals surface area contributed by atoms with Crippen LogP contribution in [0.15, 0.2) is 4.90 Å². The fraction of sp³-hybridized carbons (Fsp3) is 0.786. The van der Waals surface area contributed by atoms with Crippen molar-refractivity contribution < 1.29 is 8.42 Å². The number of anilines is 2. The first-order valence-electron chi connectivity index (χ1n) is 7.55. The van der Waals surface area contributed by atoms with Crippen LogP contribution in [-0.2, 0) is 9.84 Å². The summed E-state index contributed by atoms with van der Waals surface area (Å²) >= 11 is 1.24. The number of nitrogen functional groups attached to an aromatic ring is 1. The van der Waals surface area contributed by atoms with Gasteiger partial charge in [0.25, 0.3) is 0 Å². The van der Waals surface area contributed by atoms with Crippen LogP contribution in [-0.4, -0.2) is 31.1 Å². The first-order valence-corrected chi connectivity index (χ1v) is 9.87. The molecule has 0 radical (unpaired) electrons. The van der Waals surface area contributed by atoms with Crippen LogP contribution in [0.3, 0.4) is 0 Å². The highest BCUT2D eigenvalue weighted by atomic mass is 32.2. The van der Waals surface area contributed by atoms with E-state index in [-0.39, 0.29) is 11.1 Å². The van der Waals surface area contributed by atoms with E-state index in [1.165, 1.54) is 18.0 Å². The second-order valence-electron chi connectivity index (χ2n) is 6.95. The molecule has 3 rings (SSSR count). The molecule has 0 unspecified atom stereocenters. The van der Waals surface area contributed by atoms with Crippen molar-refractivity contribution in [2.24, 2.45) is 5.41 Å². The van der Waals surface area contributed by atoms with Gasteiger partial charge in [0.15, 0.2) is 15.7 Å². The van der Waals surface area contributed by atoms with Crippen LogP contribution < -0.4 is 10.6 Å². The molecule has 0 bridgehead atoms. The summed E-state index contributed by atoms with van der Waals surface area (Å²) in [5, 5.41) is 0.524. The van der Waals surface area contributed by atoms with Crippen LogP contribution in [0, 0.1) is 5.41 Å². The Kier molecular flexibility index (Phi) is 3.68. The molecule has 0 aromatic carbocycles. The van der Waals surface area contributed by atoms with Gasteiger partial charge in [-0.3, -0.25) is 0 Å². The third-order valence-electron chi connectivity index (χ3n) is 4.53. The Balaban J connectivity index is 1.93. The second kappa shape index (κ2) is 5.12. The van der Waals surface area contributed by atoms with E-state index in [0.717, 1.165) is 43.8 Å². The maximum Gasteiger partial charge on any atom is 0.187 e. The quantitative estimate of drug-likeness (QED) is 0.922. The standard InChI is InChI=1S/C14H23N3O2S2/c1-14(2)6-3-8-17(9-7-14)13-11(12(15)16-20-13)21(18,19)10-4-5-10/h10H,3-9H2,1-2H3,(H2,15,16). The van der Waals surface area contributed by atoms with Crippen LogP contribution in [0.4, 0.5) is 10.8 Å². The molecule has 5 nitrogen and oxygen atoms in total. The number of sulfone groups is 1. The lowest BCUT2D eigenvalue weighted by molar-refractivity contribution is 0.325. The van der Waals surface area contributed by atoms with Crippen molar-refractivity contribution >= 4 is 32.2 Å². The zero-order valence-electron chi connectivity index (χ0n) is 12.6. The van der Waals surface area contributed by atoms with E-state index in [0.29, 0.717) is 10.3 Å². The van der Waals surface area contributed by atoms with Crippen molar-refractivity contribution in [3.05, 3.63) is 0 Å². The van der Waals surface area contributed by atoms with E-state index in [2.05, 4.69) is 23.1 Å². The summed E-state index contributed by atoms with van der Waals surface area (Å²) in [4.78, 5) is 2.48. The lowest BCUT2D eigenvalue weighted by atomic mass is 9.85. The van der Waals surface area contributed by atoms with Crippen molar-refractivity contribution in [1.29, 1.82) is 0 Å². The van der Waals surface area contributed by atoms with E-state index >= 15 is 0 Å². The highest BCUT2D eigenvalue weighted by Gasteiger charge is 2.41. The molecule has 0 spiro atoms. The van der Waals surface area contributed by atoms with Crippen molar-refractivity contribution in [1.82, 2.24) is 4.37 Å². The molecule has 118 valence electrons. The summed E-state index contributed by atoms with van der Waals surface area (Å²) in [6.07, 6.45) is 4.82. The third-order valence-corrected chi connectivity index (χ3v) is 7.91. The molecule has 0 amide bonds. The number of hydrogen-bond acceptors (Lipinski definition) is 6. The normalized spacial score (nSPS) is 23.0. The van der Waals surface area contributed by atoms with Gasteiger partial charge in [-0.1, -0.05) is 13.8 Å². The van der Waals surface area contributed by atoms with Gasteiger partial charge in [0.2, 0.25) is 0 Å². The minimum atomic E-state index is -3.29. The first-order chi connectivity index (χ1) is 9.81. The van der Waals surface area contributed by atoms with E-state index in [4.69, 9.17) is 5.73 Å². The first kappa shape index (κ1) is 15.1. The number of aromatic nitrogens is 1. The maximum absolute atomic E-state index is 12.6. The summed E-state index contributed by atoms with van der Waals surface area (Å²) in [6.45, 7) is 6.32. The van der Waals surface area contributed by atoms with E-state index in [1.54, 1.807) is 0 Å². The van der Waals surface area contributed by atoms with Crippen molar-refractivity contribution in [3.8, 4) is 0 Å². The number of nitrogens with zero attached hydrogens (tertiary/aromatic N) is 2. The Morgan fingerprint density at radius 3 is 2.67 bits per heavy atom. The highest BCUT2D eigenvalue weighted by molar-refractivity contribution is 7.92. The zero-order chi connectivity index (χ0) is 15.3. The van der Waals surface area contributed by atoms with Gasteiger partial charge in [-0.15, -0.1) is 0 Å². The molecule has 1 aromatic heterocycles. The zero-order valence-corrected chi connectivity index (χ0v) is 14.3. The smallest absolute Gasteiger partial charge is 0.187 e.